The Kier molecular flexibility index (Phi) is 3.37. The van der Waals surface area contributed by atoms with Gasteiger partial charge < -0.3 is 19.1 Å². The zero-order valence-electron chi connectivity index (χ0n) is 13.4. The molecule has 0 radical (unpaired) electrons. The van der Waals surface area contributed by atoms with Gasteiger partial charge >= 0.3 is 0 Å². The Morgan fingerprint density at radius 1 is 1.26 bits per heavy atom. The van der Waals surface area contributed by atoms with Gasteiger partial charge in [-0.25, -0.2) is 0 Å². The lowest BCUT2D eigenvalue weighted by molar-refractivity contribution is -0.135. The van der Waals surface area contributed by atoms with Crippen molar-refractivity contribution in [1.82, 2.24) is 24.6 Å². The van der Waals surface area contributed by atoms with E-state index >= 15 is 0 Å². The molecule has 1 saturated carbocycles. The van der Waals surface area contributed by atoms with Gasteiger partial charge in [0.2, 0.25) is 11.8 Å². The number of hydrogen-bond donors (Lipinski definition) is 0. The molecule has 8 heteroatoms. The van der Waals surface area contributed by atoms with Crippen LogP contribution in [0, 0.1) is 17.8 Å². The molecular formula is C15H21N5O3. The quantitative estimate of drug-likeness (QED) is 0.750. The number of fused-ring (bicyclic) bond motifs is 2. The molecule has 1 aromatic heterocycles. The van der Waals surface area contributed by atoms with E-state index in [0.717, 1.165) is 24.9 Å². The lowest BCUT2D eigenvalue weighted by Crippen LogP contribution is -2.40. The highest BCUT2D eigenvalue weighted by molar-refractivity contribution is 5.82. The summed E-state index contributed by atoms with van der Waals surface area (Å²) in [5.41, 5.74) is 0. The van der Waals surface area contributed by atoms with Crippen molar-refractivity contribution >= 4 is 11.8 Å². The van der Waals surface area contributed by atoms with Crippen LogP contribution in [0.1, 0.15) is 18.6 Å². The van der Waals surface area contributed by atoms with Crippen molar-refractivity contribution in [3.8, 4) is 0 Å². The summed E-state index contributed by atoms with van der Waals surface area (Å²) in [5, 5.41) is 8.40. The molecule has 1 saturated heterocycles. The minimum Gasteiger partial charge on any atom is -0.381 e. The number of carbonyl (C=O) groups excluding carboxylic acids is 2. The lowest BCUT2D eigenvalue weighted by Gasteiger charge is -2.29. The third-order valence-electron chi connectivity index (χ3n) is 5.29. The van der Waals surface area contributed by atoms with Gasteiger partial charge in [-0.3, -0.25) is 9.59 Å². The van der Waals surface area contributed by atoms with Crippen LogP contribution in [0.2, 0.25) is 0 Å². The highest BCUT2D eigenvalue weighted by Gasteiger charge is 2.59. The molecule has 0 spiro atoms. The summed E-state index contributed by atoms with van der Waals surface area (Å²) in [4.78, 5) is 27.5. The SMILES string of the molecule is CC(=O)N(C)Cc1nnc2n1CCN(C(=O)C1[C@H]3COC[C@@H]13)C2. The van der Waals surface area contributed by atoms with Gasteiger partial charge in [0.15, 0.2) is 11.6 Å². The molecule has 2 amide bonds. The fourth-order valence-electron chi connectivity index (χ4n) is 3.66. The minimum absolute atomic E-state index is 0.00236. The first-order valence-corrected chi connectivity index (χ1v) is 8.05. The molecule has 3 aliphatic rings. The molecule has 4 rings (SSSR count). The Bertz CT molecular complexity index is 648. The fourth-order valence-corrected chi connectivity index (χ4v) is 3.66. The van der Waals surface area contributed by atoms with Crippen LogP contribution >= 0.6 is 0 Å². The van der Waals surface area contributed by atoms with E-state index in [0.29, 0.717) is 38.0 Å². The summed E-state index contributed by atoms with van der Waals surface area (Å²) >= 11 is 0. The van der Waals surface area contributed by atoms with Gasteiger partial charge in [-0.15, -0.1) is 10.2 Å². The Balaban J connectivity index is 1.43. The van der Waals surface area contributed by atoms with Crippen LogP contribution < -0.4 is 0 Å². The molecule has 1 aliphatic carbocycles. The first-order chi connectivity index (χ1) is 11.1. The monoisotopic (exact) mass is 319 g/mol. The molecule has 1 aromatic rings. The molecule has 3 heterocycles. The van der Waals surface area contributed by atoms with Crippen molar-refractivity contribution in [2.75, 3.05) is 26.8 Å². The van der Waals surface area contributed by atoms with Gasteiger partial charge in [0.05, 0.1) is 26.3 Å². The van der Waals surface area contributed by atoms with E-state index in [2.05, 4.69) is 10.2 Å². The minimum atomic E-state index is -0.00236. The lowest BCUT2D eigenvalue weighted by atomic mass is 10.2. The number of hydrogen-bond acceptors (Lipinski definition) is 5. The van der Waals surface area contributed by atoms with Gasteiger partial charge in [0.25, 0.3) is 0 Å². The Morgan fingerprint density at radius 3 is 2.70 bits per heavy atom. The van der Waals surface area contributed by atoms with E-state index in [4.69, 9.17) is 4.74 Å². The first-order valence-electron chi connectivity index (χ1n) is 8.05. The molecule has 2 fully saturated rings. The zero-order chi connectivity index (χ0) is 16.1. The zero-order valence-corrected chi connectivity index (χ0v) is 13.4. The second-order valence-electron chi connectivity index (χ2n) is 6.71. The smallest absolute Gasteiger partial charge is 0.226 e. The maximum absolute atomic E-state index is 12.6. The van der Waals surface area contributed by atoms with Crippen molar-refractivity contribution in [3.05, 3.63) is 11.6 Å². The molecule has 8 nitrogen and oxygen atoms in total. The van der Waals surface area contributed by atoms with Gasteiger partial charge in [-0.1, -0.05) is 0 Å². The molecule has 2 aliphatic heterocycles. The van der Waals surface area contributed by atoms with Crippen LogP contribution in [0.25, 0.3) is 0 Å². The second-order valence-corrected chi connectivity index (χ2v) is 6.71. The van der Waals surface area contributed by atoms with Gasteiger partial charge in [-0.05, 0) is 11.8 Å². The van der Waals surface area contributed by atoms with Gasteiger partial charge in [-0.2, -0.15) is 0 Å². The largest absolute Gasteiger partial charge is 0.381 e. The van der Waals surface area contributed by atoms with Crippen molar-refractivity contribution in [3.63, 3.8) is 0 Å². The van der Waals surface area contributed by atoms with Gasteiger partial charge in [0.1, 0.15) is 0 Å². The van der Waals surface area contributed by atoms with Crippen LogP contribution in [0.4, 0.5) is 0 Å². The van der Waals surface area contributed by atoms with Crippen LogP contribution in [-0.2, 0) is 34.0 Å². The fraction of sp³-hybridized carbons (Fsp3) is 0.733. The predicted molar refractivity (Wildman–Crippen MR) is 78.9 cm³/mol. The number of amides is 2. The van der Waals surface area contributed by atoms with E-state index < -0.39 is 0 Å². The number of rotatable bonds is 3. The summed E-state index contributed by atoms with van der Waals surface area (Å²) in [6.45, 7) is 5.31. The predicted octanol–water partition coefficient (Wildman–Crippen LogP) is -0.509. The molecule has 1 unspecified atom stereocenters. The van der Waals surface area contributed by atoms with E-state index in [-0.39, 0.29) is 17.7 Å². The average Bonchev–Trinajstić information content (AvgIpc) is 2.89. The van der Waals surface area contributed by atoms with Gasteiger partial charge in [0, 0.05) is 33.0 Å². The van der Waals surface area contributed by atoms with Crippen LogP contribution in [0.15, 0.2) is 0 Å². The van der Waals surface area contributed by atoms with Crippen molar-refractivity contribution in [2.45, 2.75) is 26.6 Å². The number of nitrogens with zero attached hydrogens (tertiary/aromatic N) is 5. The molecule has 0 aromatic carbocycles. The van der Waals surface area contributed by atoms with E-state index in [1.807, 2.05) is 9.47 Å². The van der Waals surface area contributed by atoms with E-state index in [1.54, 1.807) is 11.9 Å². The number of carbonyl (C=O) groups is 2. The molecule has 0 bridgehead atoms. The number of aromatic nitrogens is 3. The third-order valence-corrected chi connectivity index (χ3v) is 5.29. The molecule has 124 valence electrons. The standard InChI is InChI=1S/C15H21N5O3/c1-9(21)18(2)5-12-16-17-13-6-19(3-4-20(12)13)15(22)14-10-7-23-8-11(10)14/h10-11,14H,3-8H2,1-2H3/t10-,11+,14?. The molecule has 3 atom stereocenters. The summed E-state index contributed by atoms with van der Waals surface area (Å²) < 4.78 is 7.39. The molecule has 23 heavy (non-hydrogen) atoms. The van der Waals surface area contributed by atoms with E-state index in [1.165, 1.54) is 6.92 Å². The summed E-state index contributed by atoms with van der Waals surface area (Å²) in [7, 11) is 1.75. The first kappa shape index (κ1) is 14.6. The maximum Gasteiger partial charge on any atom is 0.226 e. The third kappa shape index (κ3) is 2.41. The molecule has 0 N–H and O–H groups in total. The summed E-state index contributed by atoms with van der Waals surface area (Å²) in [6.07, 6.45) is 0. The normalized spacial score (nSPS) is 28.3. The van der Waals surface area contributed by atoms with Crippen LogP contribution in [0.3, 0.4) is 0 Å². The average molecular weight is 319 g/mol. The van der Waals surface area contributed by atoms with E-state index in [9.17, 15) is 9.59 Å². The van der Waals surface area contributed by atoms with Crippen molar-refractivity contribution in [1.29, 1.82) is 0 Å². The highest BCUT2D eigenvalue weighted by Crippen LogP contribution is 2.51. The van der Waals surface area contributed by atoms with Crippen molar-refractivity contribution in [2.24, 2.45) is 17.8 Å². The maximum atomic E-state index is 12.6. The Labute approximate surface area is 134 Å². The second kappa shape index (κ2) is 5.30. The molecular weight excluding hydrogens is 298 g/mol. The van der Waals surface area contributed by atoms with Crippen molar-refractivity contribution < 1.29 is 14.3 Å². The Morgan fingerprint density at radius 2 is 2.00 bits per heavy atom. The van der Waals surface area contributed by atoms with Crippen LogP contribution in [0.5, 0.6) is 0 Å². The summed E-state index contributed by atoms with van der Waals surface area (Å²) in [6, 6.07) is 0. The Hall–Kier alpha value is -1.96. The summed E-state index contributed by atoms with van der Waals surface area (Å²) in [5.74, 6) is 2.84. The topological polar surface area (TPSA) is 80.6 Å². The van der Waals surface area contributed by atoms with Crippen LogP contribution in [-0.4, -0.2) is 63.2 Å². The highest BCUT2D eigenvalue weighted by atomic mass is 16.5. The number of ether oxygens (including phenoxy) is 1.